The Morgan fingerprint density at radius 1 is 0.886 bits per heavy atom. The number of carbonyl (C=O) groups excluding carboxylic acids is 1. The van der Waals surface area contributed by atoms with Gasteiger partial charge in [-0.3, -0.25) is 9.59 Å². The smallest absolute Gasteiger partial charge is 0.291 e. The second-order valence-electron chi connectivity index (χ2n) is 8.95. The Morgan fingerprint density at radius 2 is 1.54 bits per heavy atom. The van der Waals surface area contributed by atoms with Gasteiger partial charge in [-0.15, -0.1) is 0 Å². The molecule has 0 aliphatic carbocycles. The monoisotopic (exact) mass is 464 g/mol. The fraction of sp³-hybridized carbons (Fsp3) is 0.207. The Bertz CT molecular complexity index is 1520. The minimum absolute atomic E-state index is 0.00771. The third kappa shape index (κ3) is 4.87. The van der Waals surface area contributed by atoms with Gasteiger partial charge in [0.25, 0.3) is 5.56 Å². The zero-order valence-corrected chi connectivity index (χ0v) is 19.7. The van der Waals surface area contributed by atoms with Gasteiger partial charge in [-0.1, -0.05) is 78.9 Å². The van der Waals surface area contributed by atoms with Crippen molar-refractivity contribution in [1.82, 2.24) is 19.7 Å². The van der Waals surface area contributed by atoms with E-state index in [4.69, 9.17) is 0 Å². The lowest BCUT2D eigenvalue weighted by Crippen LogP contribution is -2.38. The maximum Gasteiger partial charge on any atom is 0.291 e. The molecule has 2 aromatic heterocycles. The summed E-state index contributed by atoms with van der Waals surface area (Å²) in [5.41, 5.74) is 3.62. The molecule has 0 radical (unpaired) electrons. The first-order valence-electron chi connectivity index (χ1n) is 11.9. The van der Waals surface area contributed by atoms with E-state index in [0.29, 0.717) is 12.1 Å². The highest BCUT2D eigenvalue weighted by Crippen LogP contribution is 2.27. The summed E-state index contributed by atoms with van der Waals surface area (Å²) < 4.78 is 3.29. The summed E-state index contributed by atoms with van der Waals surface area (Å²) in [5, 5.41) is 9.14. The number of rotatable bonds is 8. The lowest BCUT2D eigenvalue weighted by Gasteiger charge is -2.14. The molecule has 1 N–H and O–H groups in total. The number of hydrogen-bond donors (Lipinski definition) is 1. The molecule has 0 unspecified atom stereocenters. The minimum atomic E-state index is -0.262. The predicted octanol–water partition coefficient (Wildman–Crippen LogP) is 4.54. The van der Waals surface area contributed by atoms with Crippen molar-refractivity contribution in [2.75, 3.05) is 0 Å². The minimum Gasteiger partial charge on any atom is -0.352 e. The van der Waals surface area contributed by atoms with Gasteiger partial charge in [-0.2, -0.15) is 5.10 Å². The standard InChI is InChI=1S/C29H28N4O2/c1-21(16-17-22-10-4-2-5-11-22)31-27(34)20-33-29(35)28-25(18-30-33)24-14-8-9-15-26(24)32(28)19-23-12-6-3-7-13-23/h2-15,18,21H,16-17,19-20H2,1H3,(H,31,34)/t21-/m0/s1. The predicted molar refractivity (Wildman–Crippen MR) is 139 cm³/mol. The molecule has 1 atom stereocenters. The van der Waals surface area contributed by atoms with Crippen LogP contribution in [-0.4, -0.2) is 26.3 Å². The Kier molecular flexibility index (Phi) is 6.44. The van der Waals surface area contributed by atoms with Crippen LogP contribution in [-0.2, 0) is 24.3 Å². The summed E-state index contributed by atoms with van der Waals surface area (Å²) in [5.74, 6) is -0.217. The Morgan fingerprint density at radius 3 is 2.29 bits per heavy atom. The maximum absolute atomic E-state index is 13.5. The number of benzene rings is 3. The number of para-hydroxylation sites is 1. The second-order valence-corrected chi connectivity index (χ2v) is 8.95. The number of amides is 1. The van der Waals surface area contributed by atoms with Gasteiger partial charge >= 0.3 is 0 Å². The second kappa shape index (κ2) is 9.97. The van der Waals surface area contributed by atoms with Crippen molar-refractivity contribution in [2.45, 2.75) is 38.9 Å². The van der Waals surface area contributed by atoms with Gasteiger partial charge in [0.05, 0.1) is 6.20 Å². The lowest BCUT2D eigenvalue weighted by molar-refractivity contribution is -0.122. The Hall–Kier alpha value is -4.19. The van der Waals surface area contributed by atoms with Gasteiger partial charge in [0.15, 0.2) is 0 Å². The molecule has 5 rings (SSSR count). The molecule has 0 saturated heterocycles. The summed E-state index contributed by atoms with van der Waals surface area (Å²) >= 11 is 0. The van der Waals surface area contributed by atoms with Crippen molar-refractivity contribution in [3.63, 3.8) is 0 Å². The van der Waals surface area contributed by atoms with E-state index in [1.165, 1.54) is 10.2 Å². The van der Waals surface area contributed by atoms with Crippen molar-refractivity contribution < 1.29 is 4.79 Å². The van der Waals surface area contributed by atoms with Gasteiger partial charge in [0.1, 0.15) is 12.1 Å². The van der Waals surface area contributed by atoms with Crippen LogP contribution in [0.25, 0.3) is 21.8 Å². The molecular formula is C29H28N4O2. The van der Waals surface area contributed by atoms with Crippen molar-refractivity contribution in [3.8, 4) is 0 Å². The number of carbonyl (C=O) groups is 1. The lowest BCUT2D eigenvalue weighted by atomic mass is 10.1. The first-order valence-corrected chi connectivity index (χ1v) is 11.9. The normalized spacial score (nSPS) is 12.1. The SMILES string of the molecule is C[C@@H](CCc1ccccc1)NC(=O)Cn1ncc2c3ccccc3n(Cc3ccccc3)c2c1=O. The average molecular weight is 465 g/mol. The summed E-state index contributed by atoms with van der Waals surface area (Å²) in [7, 11) is 0. The zero-order valence-electron chi connectivity index (χ0n) is 19.7. The molecule has 176 valence electrons. The fourth-order valence-corrected chi connectivity index (χ4v) is 4.59. The van der Waals surface area contributed by atoms with Crippen LogP contribution in [0.5, 0.6) is 0 Å². The Labute approximate surface area is 203 Å². The van der Waals surface area contributed by atoms with Crippen LogP contribution in [0.3, 0.4) is 0 Å². The molecule has 2 heterocycles. The van der Waals surface area contributed by atoms with Crippen LogP contribution in [0.15, 0.2) is 95.9 Å². The van der Waals surface area contributed by atoms with E-state index < -0.39 is 0 Å². The van der Waals surface area contributed by atoms with E-state index in [9.17, 15) is 9.59 Å². The molecule has 0 aliphatic rings. The van der Waals surface area contributed by atoms with Crippen molar-refractivity contribution in [3.05, 3.63) is 113 Å². The fourth-order valence-electron chi connectivity index (χ4n) is 4.59. The summed E-state index contributed by atoms with van der Waals surface area (Å²) in [4.78, 5) is 26.3. The van der Waals surface area contributed by atoms with Crippen LogP contribution in [0.2, 0.25) is 0 Å². The molecule has 0 bridgehead atoms. The molecule has 6 heteroatoms. The molecule has 35 heavy (non-hydrogen) atoms. The largest absolute Gasteiger partial charge is 0.352 e. The van der Waals surface area contributed by atoms with Gasteiger partial charge in [-0.05, 0) is 37.0 Å². The highest BCUT2D eigenvalue weighted by molar-refractivity contribution is 6.07. The van der Waals surface area contributed by atoms with Gasteiger partial charge in [0.2, 0.25) is 5.91 Å². The van der Waals surface area contributed by atoms with E-state index in [0.717, 1.165) is 34.7 Å². The summed E-state index contributed by atoms with van der Waals surface area (Å²) in [6.45, 7) is 2.43. The Balaban J connectivity index is 1.39. The number of fused-ring (bicyclic) bond motifs is 3. The summed E-state index contributed by atoms with van der Waals surface area (Å²) in [6, 6.07) is 28.2. The molecule has 0 fully saturated rings. The number of nitrogens with one attached hydrogen (secondary N) is 1. The van der Waals surface area contributed by atoms with E-state index >= 15 is 0 Å². The molecule has 0 saturated carbocycles. The molecule has 1 amide bonds. The molecule has 0 spiro atoms. The highest BCUT2D eigenvalue weighted by Gasteiger charge is 2.18. The van der Waals surface area contributed by atoms with Crippen LogP contribution in [0.1, 0.15) is 24.5 Å². The first kappa shape index (κ1) is 22.6. The molecular weight excluding hydrogens is 436 g/mol. The number of aromatic nitrogens is 3. The third-order valence-corrected chi connectivity index (χ3v) is 6.37. The van der Waals surface area contributed by atoms with E-state index in [2.05, 4.69) is 22.5 Å². The zero-order chi connectivity index (χ0) is 24.2. The van der Waals surface area contributed by atoms with Crippen molar-refractivity contribution in [2.24, 2.45) is 0 Å². The van der Waals surface area contributed by atoms with E-state index in [1.807, 2.05) is 84.3 Å². The molecule has 5 aromatic rings. The first-order chi connectivity index (χ1) is 17.1. The van der Waals surface area contributed by atoms with Crippen LogP contribution >= 0.6 is 0 Å². The van der Waals surface area contributed by atoms with Crippen molar-refractivity contribution in [1.29, 1.82) is 0 Å². The number of hydrogen-bond acceptors (Lipinski definition) is 3. The quantitative estimate of drug-likeness (QED) is 0.367. The molecule has 6 nitrogen and oxygen atoms in total. The number of nitrogens with zero attached hydrogens (tertiary/aromatic N) is 3. The molecule has 0 aliphatic heterocycles. The maximum atomic E-state index is 13.5. The third-order valence-electron chi connectivity index (χ3n) is 6.37. The highest BCUT2D eigenvalue weighted by atomic mass is 16.2. The topological polar surface area (TPSA) is 68.9 Å². The summed E-state index contributed by atoms with van der Waals surface area (Å²) in [6.07, 6.45) is 3.40. The van der Waals surface area contributed by atoms with Crippen LogP contribution in [0.4, 0.5) is 0 Å². The number of aryl methyl sites for hydroxylation is 1. The van der Waals surface area contributed by atoms with Gasteiger partial charge in [0, 0.05) is 28.9 Å². The van der Waals surface area contributed by atoms with Gasteiger partial charge in [-0.25, -0.2) is 4.68 Å². The molecule has 3 aromatic carbocycles. The van der Waals surface area contributed by atoms with E-state index in [-0.39, 0.29) is 24.1 Å². The average Bonchev–Trinajstić information content (AvgIpc) is 3.20. The van der Waals surface area contributed by atoms with Crippen LogP contribution in [0, 0.1) is 0 Å². The van der Waals surface area contributed by atoms with Gasteiger partial charge < -0.3 is 9.88 Å². The van der Waals surface area contributed by atoms with Crippen molar-refractivity contribution >= 4 is 27.7 Å². The van der Waals surface area contributed by atoms with Crippen LogP contribution < -0.4 is 10.9 Å². The van der Waals surface area contributed by atoms with E-state index in [1.54, 1.807) is 6.20 Å².